The molecule has 0 unspecified atom stereocenters. The number of halogens is 1. The van der Waals surface area contributed by atoms with Crippen molar-refractivity contribution >= 4 is 46.0 Å². The zero-order valence-electron chi connectivity index (χ0n) is 22.1. The molecular weight excluding hydrogens is 531 g/mol. The fourth-order valence-electron chi connectivity index (χ4n) is 4.29. The number of nitrogens with one attached hydrogen (secondary N) is 1. The minimum absolute atomic E-state index is 0.0505. The SMILES string of the molecule is CCCCCCn1c(O)c(N=NC(=O)Nc2ccc(F)cc2)c2cc(SCCc3ccc(C(=O)O)cc3)ccc21. The van der Waals surface area contributed by atoms with Crippen molar-refractivity contribution in [1.29, 1.82) is 0 Å². The van der Waals surface area contributed by atoms with Crippen LogP contribution in [0.3, 0.4) is 0 Å². The molecule has 0 aliphatic rings. The molecular formula is C30H31FN4O4S. The molecule has 3 N–H and O–H groups in total. The number of aromatic carboxylic acids is 1. The van der Waals surface area contributed by atoms with Crippen LogP contribution < -0.4 is 5.32 Å². The molecule has 2 amide bonds. The van der Waals surface area contributed by atoms with Gasteiger partial charge in [0.05, 0.1) is 11.1 Å². The number of unbranched alkanes of at least 4 members (excludes halogenated alkanes) is 3. The molecule has 0 radical (unpaired) electrons. The van der Waals surface area contributed by atoms with Gasteiger partial charge in [0.1, 0.15) is 5.82 Å². The number of urea groups is 1. The lowest BCUT2D eigenvalue weighted by Crippen LogP contribution is -2.05. The second-order valence-corrected chi connectivity index (χ2v) is 10.5. The van der Waals surface area contributed by atoms with Crippen LogP contribution in [0.4, 0.5) is 20.6 Å². The summed E-state index contributed by atoms with van der Waals surface area (Å²) in [4.78, 5) is 24.4. The molecule has 1 heterocycles. The van der Waals surface area contributed by atoms with Gasteiger partial charge in [0.15, 0.2) is 5.69 Å². The van der Waals surface area contributed by atoms with Crippen molar-refractivity contribution in [3.8, 4) is 5.88 Å². The van der Waals surface area contributed by atoms with E-state index in [4.69, 9.17) is 5.11 Å². The first kappa shape index (κ1) is 28.8. The third-order valence-electron chi connectivity index (χ3n) is 6.41. The van der Waals surface area contributed by atoms with E-state index in [1.165, 1.54) is 24.3 Å². The van der Waals surface area contributed by atoms with Crippen LogP contribution >= 0.6 is 11.8 Å². The van der Waals surface area contributed by atoms with Crippen molar-refractivity contribution < 1.29 is 24.2 Å². The number of anilines is 1. The first-order valence-corrected chi connectivity index (χ1v) is 14.1. The van der Waals surface area contributed by atoms with E-state index in [9.17, 15) is 19.1 Å². The molecule has 10 heteroatoms. The Hall–Kier alpha value is -4.18. The molecule has 4 aromatic rings. The molecule has 4 rings (SSSR count). The second-order valence-electron chi connectivity index (χ2n) is 9.30. The zero-order valence-corrected chi connectivity index (χ0v) is 23.0. The fraction of sp³-hybridized carbons (Fsp3) is 0.267. The molecule has 8 nitrogen and oxygen atoms in total. The Bertz CT molecular complexity index is 1500. The van der Waals surface area contributed by atoms with Gasteiger partial charge >= 0.3 is 12.0 Å². The number of azo groups is 1. The Kier molecular flexibility index (Phi) is 9.91. The zero-order chi connectivity index (χ0) is 28.5. The van der Waals surface area contributed by atoms with Crippen LogP contribution in [0.5, 0.6) is 5.88 Å². The van der Waals surface area contributed by atoms with E-state index in [0.29, 0.717) is 17.6 Å². The van der Waals surface area contributed by atoms with Crippen LogP contribution in [0.2, 0.25) is 0 Å². The van der Waals surface area contributed by atoms with Crippen molar-refractivity contribution in [3.63, 3.8) is 0 Å². The monoisotopic (exact) mass is 562 g/mol. The number of aromatic hydroxyl groups is 1. The van der Waals surface area contributed by atoms with Gasteiger partial charge in [-0.2, -0.15) is 0 Å². The number of benzene rings is 3. The predicted molar refractivity (Wildman–Crippen MR) is 156 cm³/mol. The maximum Gasteiger partial charge on any atom is 0.364 e. The van der Waals surface area contributed by atoms with Gasteiger partial charge in [-0.3, -0.25) is 0 Å². The molecule has 3 aromatic carbocycles. The second kappa shape index (κ2) is 13.7. The maximum atomic E-state index is 13.2. The minimum Gasteiger partial charge on any atom is -0.493 e. The van der Waals surface area contributed by atoms with E-state index in [-0.39, 0.29) is 17.1 Å². The highest BCUT2D eigenvalue weighted by Crippen LogP contribution is 2.41. The number of carboxylic acid groups (broad SMARTS) is 1. The number of carboxylic acids is 1. The van der Waals surface area contributed by atoms with E-state index >= 15 is 0 Å². The molecule has 0 saturated carbocycles. The number of thioether (sulfide) groups is 1. The van der Waals surface area contributed by atoms with Crippen LogP contribution in [0.25, 0.3) is 10.9 Å². The third kappa shape index (κ3) is 7.47. The molecule has 0 atom stereocenters. The number of fused-ring (bicyclic) bond motifs is 1. The van der Waals surface area contributed by atoms with Crippen molar-refractivity contribution in [2.45, 2.75) is 50.5 Å². The van der Waals surface area contributed by atoms with Gasteiger partial charge in [0, 0.05) is 28.3 Å². The molecule has 0 aliphatic heterocycles. The summed E-state index contributed by atoms with van der Waals surface area (Å²) < 4.78 is 15.0. The quantitative estimate of drug-likeness (QED) is 0.0910. The first-order chi connectivity index (χ1) is 19.4. The Labute approximate surface area is 235 Å². The number of hydrogen-bond donors (Lipinski definition) is 3. The summed E-state index contributed by atoms with van der Waals surface area (Å²) in [7, 11) is 0. The average Bonchev–Trinajstić information content (AvgIpc) is 3.21. The highest BCUT2D eigenvalue weighted by Gasteiger charge is 2.18. The van der Waals surface area contributed by atoms with Gasteiger partial charge in [0.25, 0.3) is 0 Å². The molecule has 0 bridgehead atoms. The summed E-state index contributed by atoms with van der Waals surface area (Å²) in [5.41, 5.74) is 2.69. The van der Waals surface area contributed by atoms with Crippen LogP contribution in [0.1, 0.15) is 48.5 Å². The number of hydrogen-bond acceptors (Lipinski definition) is 5. The smallest absolute Gasteiger partial charge is 0.364 e. The summed E-state index contributed by atoms with van der Waals surface area (Å²) in [6, 6.07) is 17.3. The molecule has 208 valence electrons. The lowest BCUT2D eigenvalue weighted by atomic mass is 10.1. The Morgan fingerprint density at radius 2 is 1.75 bits per heavy atom. The van der Waals surface area contributed by atoms with Crippen molar-refractivity contribution in [2.75, 3.05) is 11.1 Å². The largest absolute Gasteiger partial charge is 0.493 e. The Morgan fingerprint density at radius 3 is 2.45 bits per heavy atom. The van der Waals surface area contributed by atoms with E-state index in [1.54, 1.807) is 28.5 Å². The van der Waals surface area contributed by atoms with Crippen molar-refractivity contribution in [3.05, 3.63) is 83.7 Å². The van der Waals surface area contributed by atoms with Gasteiger partial charge < -0.3 is 20.1 Å². The molecule has 0 spiro atoms. The van der Waals surface area contributed by atoms with Gasteiger partial charge in [-0.15, -0.1) is 16.9 Å². The normalized spacial score (nSPS) is 11.3. The Balaban J connectivity index is 1.53. The lowest BCUT2D eigenvalue weighted by molar-refractivity contribution is 0.0697. The molecule has 0 aliphatic carbocycles. The number of amides is 2. The number of carbonyl (C=O) groups is 2. The van der Waals surface area contributed by atoms with Crippen LogP contribution in [0.15, 0.2) is 81.9 Å². The van der Waals surface area contributed by atoms with Gasteiger partial charge in [-0.1, -0.05) is 43.4 Å². The topological polar surface area (TPSA) is 116 Å². The van der Waals surface area contributed by atoms with Gasteiger partial charge in [-0.05, 0) is 73.0 Å². The summed E-state index contributed by atoms with van der Waals surface area (Å²) in [6.07, 6.45) is 4.89. The third-order valence-corrected chi connectivity index (χ3v) is 7.41. The standard InChI is InChI=1S/C30H31FN4O4S/c1-2-3-4-5-17-35-26-15-14-24(40-18-16-20-6-8-21(9-7-20)29(37)38)19-25(26)27(28(35)36)33-34-30(39)32-23-12-10-22(31)11-13-23/h6-15,19,36H,2-5,16-18H2,1H3,(H,32,39)(H,37,38). The first-order valence-electron chi connectivity index (χ1n) is 13.1. The number of aryl methyl sites for hydroxylation is 2. The van der Waals surface area contributed by atoms with Crippen molar-refractivity contribution in [2.24, 2.45) is 10.2 Å². The lowest BCUT2D eigenvalue weighted by Gasteiger charge is -2.07. The number of aromatic nitrogens is 1. The van der Waals surface area contributed by atoms with E-state index in [2.05, 4.69) is 22.5 Å². The average molecular weight is 563 g/mol. The van der Waals surface area contributed by atoms with E-state index in [0.717, 1.165) is 53.8 Å². The van der Waals surface area contributed by atoms with Gasteiger partial charge in [0.2, 0.25) is 5.88 Å². The number of rotatable bonds is 12. The number of nitrogens with zero attached hydrogens (tertiary/aromatic N) is 3. The van der Waals surface area contributed by atoms with Crippen LogP contribution in [-0.4, -0.2) is 32.5 Å². The van der Waals surface area contributed by atoms with Crippen molar-refractivity contribution in [1.82, 2.24) is 4.57 Å². The summed E-state index contributed by atoms with van der Waals surface area (Å²) in [6.45, 7) is 2.75. The highest BCUT2D eigenvalue weighted by atomic mass is 32.2. The van der Waals surface area contributed by atoms with Gasteiger partial charge in [-0.25, -0.2) is 14.0 Å². The van der Waals surface area contributed by atoms with Crippen LogP contribution in [-0.2, 0) is 13.0 Å². The van der Waals surface area contributed by atoms with E-state index < -0.39 is 17.8 Å². The van der Waals surface area contributed by atoms with E-state index in [1.807, 2.05) is 30.3 Å². The molecule has 1 aromatic heterocycles. The molecule has 40 heavy (non-hydrogen) atoms. The Morgan fingerprint density at radius 1 is 1.00 bits per heavy atom. The summed E-state index contributed by atoms with van der Waals surface area (Å²) in [5, 5.41) is 31.2. The highest BCUT2D eigenvalue weighted by molar-refractivity contribution is 7.99. The fourth-order valence-corrected chi connectivity index (χ4v) is 5.23. The summed E-state index contributed by atoms with van der Waals surface area (Å²) >= 11 is 1.63. The molecule has 0 saturated heterocycles. The summed E-state index contributed by atoms with van der Waals surface area (Å²) in [5.74, 6) is -0.652. The minimum atomic E-state index is -0.948. The number of carbonyl (C=O) groups excluding carboxylic acids is 1. The predicted octanol–water partition coefficient (Wildman–Crippen LogP) is 8.42. The maximum absolute atomic E-state index is 13.2. The van der Waals surface area contributed by atoms with Crippen LogP contribution in [0, 0.1) is 5.82 Å². The molecule has 0 fully saturated rings.